The Morgan fingerprint density at radius 3 is 2.80 bits per heavy atom. The second-order valence-corrected chi connectivity index (χ2v) is 5.73. The predicted octanol–water partition coefficient (Wildman–Crippen LogP) is 0.322. The Bertz CT molecular complexity index is 470. The van der Waals surface area contributed by atoms with Gasteiger partial charge < -0.3 is 15.2 Å². The molecule has 1 fully saturated rings. The summed E-state index contributed by atoms with van der Waals surface area (Å²) in [6, 6.07) is 0. The Morgan fingerprint density at radius 1 is 1.40 bits per heavy atom. The average Bonchev–Trinajstić information content (AvgIpc) is 2.49. The van der Waals surface area contributed by atoms with Gasteiger partial charge in [-0.3, -0.25) is 4.79 Å². The van der Waals surface area contributed by atoms with Crippen molar-refractivity contribution < 1.29 is 0 Å². The van der Waals surface area contributed by atoms with Gasteiger partial charge in [-0.2, -0.15) is 0 Å². The van der Waals surface area contributed by atoms with Crippen LogP contribution in [-0.2, 0) is 6.42 Å². The summed E-state index contributed by atoms with van der Waals surface area (Å²) in [6.45, 7) is 4.61. The SMILES string of the molecule is CNCCCc1c[nH]c(=O)c(N2CCN(SC)CC2)n1. The predicted molar refractivity (Wildman–Crippen MR) is 84.4 cm³/mol. The van der Waals surface area contributed by atoms with E-state index in [9.17, 15) is 4.79 Å². The van der Waals surface area contributed by atoms with Crippen LogP contribution in [0.1, 0.15) is 12.1 Å². The van der Waals surface area contributed by atoms with Gasteiger partial charge in [0.1, 0.15) is 0 Å². The lowest BCUT2D eigenvalue weighted by Crippen LogP contribution is -2.45. The first-order valence-electron chi connectivity index (χ1n) is 7.02. The Balaban J connectivity index is 2.03. The van der Waals surface area contributed by atoms with Gasteiger partial charge >= 0.3 is 0 Å². The highest BCUT2D eigenvalue weighted by atomic mass is 32.2. The van der Waals surface area contributed by atoms with E-state index in [-0.39, 0.29) is 5.56 Å². The maximum atomic E-state index is 12.0. The van der Waals surface area contributed by atoms with E-state index in [0.717, 1.165) is 51.3 Å². The molecule has 0 atom stereocenters. The largest absolute Gasteiger partial charge is 0.349 e. The molecule has 0 bridgehead atoms. The molecule has 112 valence electrons. The number of nitrogens with one attached hydrogen (secondary N) is 2. The lowest BCUT2D eigenvalue weighted by molar-refractivity contribution is 0.428. The Morgan fingerprint density at radius 2 is 2.15 bits per heavy atom. The van der Waals surface area contributed by atoms with Gasteiger partial charge in [-0.1, -0.05) is 11.9 Å². The third-order valence-corrected chi connectivity index (χ3v) is 4.36. The number of aromatic nitrogens is 2. The minimum Gasteiger partial charge on any atom is -0.349 e. The van der Waals surface area contributed by atoms with Crippen LogP contribution in [0.5, 0.6) is 0 Å². The zero-order valence-corrected chi connectivity index (χ0v) is 13.0. The van der Waals surface area contributed by atoms with Gasteiger partial charge in [0.15, 0.2) is 5.82 Å². The molecule has 1 saturated heterocycles. The molecule has 0 aromatic carbocycles. The second-order valence-electron chi connectivity index (χ2n) is 4.85. The van der Waals surface area contributed by atoms with Crippen molar-refractivity contribution in [3.05, 3.63) is 22.2 Å². The molecular formula is C13H23N5OS. The van der Waals surface area contributed by atoms with Crippen molar-refractivity contribution in [3.63, 3.8) is 0 Å². The van der Waals surface area contributed by atoms with Gasteiger partial charge in [-0.05, 0) is 32.7 Å². The fourth-order valence-electron chi connectivity index (χ4n) is 2.30. The highest BCUT2D eigenvalue weighted by molar-refractivity contribution is 7.96. The average molecular weight is 297 g/mol. The summed E-state index contributed by atoms with van der Waals surface area (Å²) in [5.41, 5.74) is 0.877. The summed E-state index contributed by atoms with van der Waals surface area (Å²) in [5, 5.41) is 3.12. The van der Waals surface area contributed by atoms with E-state index in [0.29, 0.717) is 5.82 Å². The van der Waals surface area contributed by atoms with E-state index >= 15 is 0 Å². The number of aromatic amines is 1. The first kappa shape index (κ1) is 15.3. The van der Waals surface area contributed by atoms with E-state index < -0.39 is 0 Å². The molecule has 0 aliphatic carbocycles. The summed E-state index contributed by atoms with van der Waals surface area (Å²) in [6.07, 6.45) is 5.73. The molecular weight excluding hydrogens is 274 g/mol. The van der Waals surface area contributed by atoms with Crippen molar-refractivity contribution in [2.24, 2.45) is 0 Å². The molecule has 2 rings (SSSR count). The van der Waals surface area contributed by atoms with Crippen LogP contribution in [0.25, 0.3) is 0 Å². The molecule has 0 radical (unpaired) electrons. The molecule has 20 heavy (non-hydrogen) atoms. The van der Waals surface area contributed by atoms with Crippen molar-refractivity contribution in [2.75, 3.05) is 50.9 Å². The number of piperazine rings is 1. The fourth-order valence-corrected chi connectivity index (χ4v) is 2.83. The summed E-state index contributed by atoms with van der Waals surface area (Å²) in [7, 11) is 1.94. The Hall–Kier alpha value is -1.05. The zero-order valence-electron chi connectivity index (χ0n) is 12.2. The Kier molecular flexibility index (Phi) is 5.87. The molecule has 2 heterocycles. The van der Waals surface area contributed by atoms with Crippen LogP contribution in [-0.4, -0.2) is 60.3 Å². The zero-order chi connectivity index (χ0) is 14.4. The van der Waals surface area contributed by atoms with Crippen molar-refractivity contribution in [2.45, 2.75) is 12.8 Å². The van der Waals surface area contributed by atoms with Gasteiger partial charge in [-0.15, -0.1) is 0 Å². The molecule has 1 aromatic heterocycles. The molecule has 0 saturated carbocycles. The summed E-state index contributed by atoms with van der Waals surface area (Å²) in [4.78, 5) is 21.4. The molecule has 1 aliphatic rings. The van der Waals surface area contributed by atoms with Crippen LogP contribution in [0.3, 0.4) is 0 Å². The lowest BCUT2D eigenvalue weighted by atomic mass is 10.2. The number of aryl methyl sites for hydroxylation is 1. The van der Waals surface area contributed by atoms with Crippen molar-refractivity contribution in [1.29, 1.82) is 0 Å². The van der Waals surface area contributed by atoms with Gasteiger partial charge in [0.2, 0.25) is 0 Å². The van der Waals surface area contributed by atoms with E-state index in [1.54, 1.807) is 18.1 Å². The first-order valence-corrected chi connectivity index (χ1v) is 8.20. The van der Waals surface area contributed by atoms with E-state index in [4.69, 9.17) is 0 Å². The van der Waals surface area contributed by atoms with Gasteiger partial charge in [0.25, 0.3) is 5.56 Å². The number of anilines is 1. The molecule has 7 heteroatoms. The van der Waals surface area contributed by atoms with Crippen LogP contribution in [0, 0.1) is 0 Å². The van der Waals surface area contributed by atoms with Crippen LogP contribution in [0.4, 0.5) is 5.82 Å². The summed E-state index contributed by atoms with van der Waals surface area (Å²) < 4.78 is 2.31. The van der Waals surface area contributed by atoms with Crippen LogP contribution in [0.15, 0.2) is 11.0 Å². The number of hydrogen-bond acceptors (Lipinski definition) is 6. The van der Waals surface area contributed by atoms with Gasteiger partial charge in [0.05, 0.1) is 5.69 Å². The minimum atomic E-state index is -0.0834. The van der Waals surface area contributed by atoms with E-state index in [1.807, 2.05) is 7.05 Å². The Labute approximate surface area is 124 Å². The maximum Gasteiger partial charge on any atom is 0.290 e. The van der Waals surface area contributed by atoms with E-state index in [2.05, 4.69) is 30.7 Å². The number of hydrogen-bond donors (Lipinski definition) is 2. The molecule has 2 N–H and O–H groups in total. The first-order chi connectivity index (χ1) is 9.74. The third-order valence-electron chi connectivity index (χ3n) is 3.48. The van der Waals surface area contributed by atoms with Gasteiger partial charge in [-0.25, -0.2) is 9.29 Å². The van der Waals surface area contributed by atoms with Crippen molar-refractivity contribution in [3.8, 4) is 0 Å². The molecule has 0 amide bonds. The highest BCUT2D eigenvalue weighted by Crippen LogP contribution is 2.14. The van der Waals surface area contributed by atoms with Crippen LogP contribution >= 0.6 is 11.9 Å². The van der Waals surface area contributed by atoms with Crippen LogP contribution < -0.4 is 15.8 Å². The fraction of sp³-hybridized carbons (Fsp3) is 0.692. The molecule has 0 unspecified atom stereocenters. The molecule has 0 spiro atoms. The topological polar surface area (TPSA) is 64.3 Å². The quantitative estimate of drug-likeness (QED) is 0.582. The van der Waals surface area contributed by atoms with Crippen LogP contribution in [0.2, 0.25) is 0 Å². The second kappa shape index (κ2) is 7.66. The molecule has 1 aromatic rings. The summed E-state index contributed by atoms with van der Waals surface area (Å²) >= 11 is 1.76. The van der Waals surface area contributed by atoms with Crippen molar-refractivity contribution >= 4 is 17.8 Å². The third kappa shape index (κ3) is 3.97. The standard InChI is InChI=1S/C13H23N5OS/c1-14-5-3-4-11-10-15-13(19)12(16-11)17-6-8-18(20-2)9-7-17/h10,14H,3-9H2,1-2H3,(H,15,19). The normalized spacial score (nSPS) is 16.6. The highest BCUT2D eigenvalue weighted by Gasteiger charge is 2.19. The van der Waals surface area contributed by atoms with E-state index in [1.165, 1.54) is 0 Å². The molecule has 1 aliphatic heterocycles. The maximum absolute atomic E-state index is 12.0. The summed E-state index contributed by atoms with van der Waals surface area (Å²) in [5.74, 6) is 0.577. The van der Waals surface area contributed by atoms with Gasteiger partial charge in [0, 0.05) is 32.4 Å². The minimum absolute atomic E-state index is 0.0834. The monoisotopic (exact) mass is 297 g/mol. The smallest absolute Gasteiger partial charge is 0.290 e. The van der Waals surface area contributed by atoms with Crippen molar-refractivity contribution in [1.82, 2.24) is 19.6 Å². The number of H-pyrrole nitrogens is 1. The number of rotatable bonds is 6. The number of nitrogens with zero attached hydrogens (tertiary/aromatic N) is 3. The lowest BCUT2D eigenvalue weighted by Gasteiger charge is -2.33. The molecule has 6 nitrogen and oxygen atoms in total.